The predicted octanol–water partition coefficient (Wildman–Crippen LogP) is 4.15. The van der Waals surface area contributed by atoms with Gasteiger partial charge in [-0.1, -0.05) is 40.7 Å². The summed E-state index contributed by atoms with van der Waals surface area (Å²) in [7, 11) is 0. The van der Waals surface area contributed by atoms with E-state index in [1.165, 1.54) is 17.8 Å². The molecule has 0 aliphatic carbocycles. The Balaban J connectivity index is 2.21. The largest absolute Gasteiger partial charge is 0.311 e. The van der Waals surface area contributed by atoms with Crippen molar-refractivity contribution in [1.29, 1.82) is 0 Å². The van der Waals surface area contributed by atoms with Gasteiger partial charge in [-0.25, -0.2) is 0 Å². The summed E-state index contributed by atoms with van der Waals surface area (Å²) in [5.41, 5.74) is 0. The Labute approximate surface area is 128 Å². The third-order valence-electron chi connectivity index (χ3n) is 4.66. The molecular weight excluding hydrogens is 264 g/mol. The van der Waals surface area contributed by atoms with Crippen LogP contribution in [0.2, 0.25) is 0 Å². The molecule has 0 saturated carbocycles. The standard InChI is InChI=1S/C17H30N2S/c1-6-15(17-8-7-9-20-17)19-11-14(12(2)3)18-10-16(19)13(4)5/h7-9,12-16,18H,6,10-11H2,1-5H3. The molecule has 3 heteroatoms. The number of rotatable bonds is 5. The molecule has 1 aromatic heterocycles. The van der Waals surface area contributed by atoms with E-state index in [9.17, 15) is 0 Å². The highest BCUT2D eigenvalue weighted by molar-refractivity contribution is 7.10. The van der Waals surface area contributed by atoms with Gasteiger partial charge in [0, 0.05) is 36.1 Å². The van der Waals surface area contributed by atoms with Crippen LogP contribution in [0.5, 0.6) is 0 Å². The summed E-state index contributed by atoms with van der Waals surface area (Å²) in [6.45, 7) is 14.0. The van der Waals surface area contributed by atoms with Gasteiger partial charge in [0.2, 0.25) is 0 Å². The lowest BCUT2D eigenvalue weighted by molar-refractivity contribution is 0.0442. The first-order chi connectivity index (χ1) is 9.54. The molecule has 2 heterocycles. The zero-order valence-corrected chi connectivity index (χ0v) is 14.4. The number of hydrogen-bond donors (Lipinski definition) is 1. The maximum atomic E-state index is 3.77. The Morgan fingerprint density at radius 3 is 2.55 bits per heavy atom. The molecule has 0 radical (unpaired) electrons. The Morgan fingerprint density at radius 2 is 2.05 bits per heavy atom. The predicted molar refractivity (Wildman–Crippen MR) is 89.3 cm³/mol. The third kappa shape index (κ3) is 3.44. The number of nitrogens with zero attached hydrogens (tertiary/aromatic N) is 1. The van der Waals surface area contributed by atoms with Gasteiger partial charge in [-0.2, -0.15) is 0 Å². The Bertz CT molecular complexity index is 386. The van der Waals surface area contributed by atoms with Crippen molar-refractivity contribution in [3.63, 3.8) is 0 Å². The van der Waals surface area contributed by atoms with Crippen molar-refractivity contribution in [2.75, 3.05) is 13.1 Å². The van der Waals surface area contributed by atoms with Gasteiger partial charge in [0.15, 0.2) is 0 Å². The SMILES string of the molecule is CCC(c1cccs1)N1CC(C(C)C)NCC1C(C)C. The van der Waals surface area contributed by atoms with Gasteiger partial charge < -0.3 is 5.32 Å². The zero-order valence-electron chi connectivity index (χ0n) is 13.6. The minimum Gasteiger partial charge on any atom is -0.311 e. The lowest BCUT2D eigenvalue weighted by atomic mass is 9.92. The second-order valence-corrected chi connectivity index (χ2v) is 7.69. The lowest BCUT2D eigenvalue weighted by Crippen LogP contribution is -2.60. The van der Waals surface area contributed by atoms with E-state index in [0.29, 0.717) is 30.0 Å². The molecule has 20 heavy (non-hydrogen) atoms. The van der Waals surface area contributed by atoms with Crippen molar-refractivity contribution in [2.45, 2.75) is 59.2 Å². The van der Waals surface area contributed by atoms with E-state index < -0.39 is 0 Å². The van der Waals surface area contributed by atoms with Crippen LogP contribution in [0.3, 0.4) is 0 Å². The maximum absolute atomic E-state index is 3.77. The van der Waals surface area contributed by atoms with E-state index >= 15 is 0 Å². The first kappa shape index (κ1) is 16.0. The monoisotopic (exact) mass is 294 g/mol. The van der Waals surface area contributed by atoms with Gasteiger partial charge in [-0.15, -0.1) is 11.3 Å². The van der Waals surface area contributed by atoms with E-state index in [0.717, 1.165) is 6.54 Å². The van der Waals surface area contributed by atoms with Crippen molar-refractivity contribution >= 4 is 11.3 Å². The van der Waals surface area contributed by atoms with Gasteiger partial charge in [-0.05, 0) is 29.7 Å². The molecular formula is C17H30N2S. The molecule has 0 spiro atoms. The molecule has 3 atom stereocenters. The Hall–Kier alpha value is -0.380. The van der Waals surface area contributed by atoms with Crippen molar-refractivity contribution in [3.8, 4) is 0 Å². The van der Waals surface area contributed by atoms with Crippen LogP contribution in [0.15, 0.2) is 17.5 Å². The quantitative estimate of drug-likeness (QED) is 0.877. The maximum Gasteiger partial charge on any atom is 0.0443 e. The topological polar surface area (TPSA) is 15.3 Å². The van der Waals surface area contributed by atoms with Crippen molar-refractivity contribution in [1.82, 2.24) is 10.2 Å². The number of hydrogen-bond acceptors (Lipinski definition) is 3. The van der Waals surface area contributed by atoms with E-state index in [1.54, 1.807) is 0 Å². The Morgan fingerprint density at radius 1 is 1.30 bits per heavy atom. The molecule has 1 saturated heterocycles. The normalized spacial score (nSPS) is 26.4. The third-order valence-corrected chi connectivity index (χ3v) is 5.63. The van der Waals surface area contributed by atoms with E-state index in [4.69, 9.17) is 0 Å². The van der Waals surface area contributed by atoms with Crippen LogP contribution in [0.25, 0.3) is 0 Å². The van der Waals surface area contributed by atoms with Gasteiger partial charge >= 0.3 is 0 Å². The number of piperazine rings is 1. The van der Waals surface area contributed by atoms with E-state index in [-0.39, 0.29) is 0 Å². The van der Waals surface area contributed by atoms with Crippen molar-refractivity contribution in [3.05, 3.63) is 22.4 Å². The fourth-order valence-corrected chi connectivity index (χ4v) is 4.25. The first-order valence-corrected chi connectivity index (χ1v) is 8.95. The van der Waals surface area contributed by atoms with Gasteiger partial charge in [0.25, 0.3) is 0 Å². The first-order valence-electron chi connectivity index (χ1n) is 8.07. The van der Waals surface area contributed by atoms with Crippen LogP contribution < -0.4 is 5.32 Å². The van der Waals surface area contributed by atoms with Gasteiger partial charge in [0.1, 0.15) is 0 Å². The van der Waals surface area contributed by atoms with Gasteiger partial charge in [-0.3, -0.25) is 4.90 Å². The molecule has 0 amide bonds. The summed E-state index contributed by atoms with van der Waals surface area (Å²) < 4.78 is 0. The summed E-state index contributed by atoms with van der Waals surface area (Å²) in [4.78, 5) is 4.31. The summed E-state index contributed by atoms with van der Waals surface area (Å²) in [5.74, 6) is 1.40. The number of nitrogens with one attached hydrogen (secondary N) is 1. The minimum atomic E-state index is 0.589. The molecule has 1 aromatic rings. The van der Waals surface area contributed by atoms with E-state index in [1.807, 2.05) is 11.3 Å². The van der Waals surface area contributed by atoms with Crippen LogP contribution in [-0.2, 0) is 0 Å². The van der Waals surface area contributed by atoms with Crippen molar-refractivity contribution < 1.29 is 0 Å². The fourth-order valence-electron chi connectivity index (χ4n) is 3.32. The molecule has 114 valence electrons. The molecule has 3 unspecified atom stereocenters. The second-order valence-electron chi connectivity index (χ2n) is 6.71. The zero-order chi connectivity index (χ0) is 14.7. The van der Waals surface area contributed by atoms with Crippen LogP contribution >= 0.6 is 11.3 Å². The van der Waals surface area contributed by atoms with Crippen molar-refractivity contribution in [2.24, 2.45) is 11.8 Å². The smallest absolute Gasteiger partial charge is 0.0443 e. The summed E-state index contributed by atoms with van der Waals surface area (Å²) >= 11 is 1.91. The lowest BCUT2D eigenvalue weighted by Gasteiger charge is -2.47. The summed E-state index contributed by atoms with van der Waals surface area (Å²) in [6, 6.07) is 6.36. The summed E-state index contributed by atoms with van der Waals surface area (Å²) in [5, 5.41) is 5.98. The highest BCUT2D eigenvalue weighted by Gasteiger charge is 2.35. The average Bonchev–Trinajstić information content (AvgIpc) is 2.93. The molecule has 1 aliphatic rings. The highest BCUT2D eigenvalue weighted by Crippen LogP contribution is 2.33. The summed E-state index contributed by atoms with van der Waals surface area (Å²) in [6.07, 6.45) is 1.20. The molecule has 1 aliphatic heterocycles. The molecule has 1 N–H and O–H groups in total. The van der Waals surface area contributed by atoms with Gasteiger partial charge in [0.05, 0.1) is 0 Å². The van der Waals surface area contributed by atoms with E-state index in [2.05, 4.69) is 62.3 Å². The van der Waals surface area contributed by atoms with Crippen LogP contribution in [-0.4, -0.2) is 30.1 Å². The fraction of sp³-hybridized carbons (Fsp3) is 0.765. The van der Waals surface area contributed by atoms with Crippen LogP contribution in [0, 0.1) is 11.8 Å². The average molecular weight is 295 g/mol. The Kier molecular flexibility index (Phi) is 5.65. The second kappa shape index (κ2) is 7.06. The van der Waals surface area contributed by atoms with Crippen LogP contribution in [0.4, 0.5) is 0 Å². The molecule has 2 rings (SSSR count). The molecule has 2 nitrogen and oxygen atoms in total. The number of thiophene rings is 1. The van der Waals surface area contributed by atoms with Crippen LogP contribution in [0.1, 0.15) is 52.0 Å². The molecule has 1 fully saturated rings. The molecule has 0 aromatic carbocycles. The molecule has 0 bridgehead atoms. The highest BCUT2D eigenvalue weighted by atomic mass is 32.1. The minimum absolute atomic E-state index is 0.589.